The Kier molecular flexibility index (Phi) is 2.66. The van der Waals surface area contributed by atoms with Gasteiger partial charge in [-0.15, -0.1) is 10.2 Å². The van der Waals surface area contributed by atoms with E-state index in [4.69, 9.17) is 5.53 Å². The quantitative estimate of drug-likeness (QED) is 0.406. The van der Waals surface area contributed by atoms with Gasteiger partial charge in [-0.25, -0.2) is 0 Å². The standard InChI is InChI=1S/C11H9N7S/c1-6-3-4-8(5-9(6)14-17-12)10-16-18-7(2)13-15-11(18)19-10/h3-5H,1-2H3. The second-order valence-electron chi connectivity index (χ2n) is 4.04. The van der Waals surface area contributed by atoms with Gasteiger partial charge >= 0.3 is 0 Å². The van der Waals surface area contributed by atoms with Gasteiger partial charge in [-0.1, -0.05) is 28.6 Å². The number of hydrogen-bond acceptors (Lipinski definition) is 5. The highest BCUT2D eigenvalue weighted by molar-refractivity contribution is 7.19. The molecule has 7 nitrogen and oxygen atoms in total. The zero-order valence-corrected chi connectivity index (χ0v) is 11.1. The summed E-state index contributed by atoms with van der Waals surface area (Å²) < 4.78 is 1.70. The summed E-state index contributed by atoms with van der Waals surface area (Å²) in [5.74, 6) is 0.750. The zero-order chi connectivity index (χ0) is 13.4. The van der Waals surface area contributed by atoms with Gasteiger partial charge in [-0.05, 0) is 31.0 Å². The number of nitrogens with zero attached hydrogens (tertiary/aromatic N) is 7. The van der Waals surface area contributed by atoms with E-state index in [1.165, 1.54) is 11.3 Å². The number of aryl methyl sites for hydroxylation is 2. The van der Waals surface area contributed by atoms with Crippen LogP contribution in [0.3, 0.4) is 0 Å². The molecule has 0 aliphatic heterocycles. The Morgan fingerprint density at radius 1 is 1.32 bits per heavy atom. The topological polar surface area (TPSA) is 91.8 Å². The molecule has 0 bridgehead atoms. The molecule has 0 amide bonds. The van der Waals surface area contributed by atoms with Crippen molar-refractivity contribution in [3.05, 3.63) is 40.0 Å². The lowest BCUT2D eigenvalue weighted by atomic mass is 10.1. The molecule has 0 spiro atoms. The first-order chi connectivity index (χ1) is 9.19. The van der Waals surface area contributed by atoms with Crippen LogP contribution >= 0.6 is 11.3 Å². The maximum atomic E-state index is 8.55. The van der Waals surface area contributed by atoms with Gasteiger partial charge in [0.2, 0.25) is 4.96 Å². The van der Waals surface area contributed by atoms with Crippen molar-refractivity contribution in [3.63, 3.8) is 0 Å². The van der Waals surface area contributed by atoms with E-state index in [0.29, 0.717) is 5.69 Å². The number of azide groups is 1. The minimum absolute atomic E-state index is 0.614. The SMILES string of the molecule is Cc1ccc(-c2nn3c(C)nnc3s2)cc1N=[N+]=[N-]. The number of fused-ring (bicyclic) bond motifs is 1. The first-order valence-corrected chi connectivity index (χ1v) is 6.35. The zero-order valence-electron chi connectivity index (χ0n) is 10.3. The second-order valence-corrected chi connectivity index (χ2v) is 5.00. The highest BCUT2D eigenvalue weighted by Gasteiger charge is 2.11. The van der Waals surface area contributed by atoms with Crippen molar-refractivity contribution in [2.75, 3.05) is 0 Å². The molecule has 0 aliphatic carbocycles. The van der Waals surface area contributed by atoms with E-state index in [9.17, 15) is 0 Å². The molecule has 94 valence electrons. The maximum Gasteiger partial charge on any atom is 0.234 e. The first-order valence-electron chi connectivity index (χ1n) is 5.54. The molecule has 0 fully saturated rings. The lowest BCUT2D eigenvalue weighted by Crippen LogP contribution is -1.88. The van der Waals surface area contributed by atoms with Gasteiger partial charge in [0.25, 0.3) is 0 Å². The Hall–Kier alpha value is -2.44. The number of benzene rings is 1. The summed E-state index contributed by atoms with van der Waals surface area (Å²) in [6.07, 6.45) is 0. The van der Waals surface area contributed by atoms with Crippen molar-refractivity contribution in [2.45, 2.75) is 13.8 Å². The molecule has 0 unspecified atom stereocenters. The Morgan fingerprint density at radius 3 is 2.89 bits per heavy atom. The number of hydrogen-bond donors (Lipinski definition) is 0. The third-order valence-electron chi connectivity index (χ3n) is 2.76. The fraction of sp³-hybridized carbons (Fsp3) is 0.182. The highest BCUT2D eigenvalue weighted by atomic mass is 32.1. The second kappa shape index (κ2) is 4.34. The largest absolute Gasteiger partial charge is 0.234 e. The number of rotatable bonds is 2. The van der Waals surface area contributed by atoms with Gasteiger partial charge in [-0.2, -0.15) is 9.61 Å². The van der Waals surface area contributed by atoms with Gasteiger partial charge in [0.05, 0.1) is 0 Å². The molecule has 8 heteroatoms. The van der Waals surface area contributed by atoms with E-state index in [0.717, 1.165) is 26.9 Å². The average molecular weight is 271 g/mol. The molecule has 0 aliphatic rings. The van der Waals surface area contributed by atoms with E-state index < -0.39 is 0 Å². The Morgan fingerprint density at radius 2 is 2.16 bits per heavy atom. The minimum atomic E-state index is 0.614. The van der Waals surface area contributed by atoms with Crippen molar-refractivity contribution >= 4 is 22.0 Å². The Labute approximate surface area is 112 Å². The van der Waals surface area contributed by atoms with Gasteiger partial charge in [0.15, 0.2) is 5.82 Å². The summed E-state index contributed by atoms with van der Waals surface area (Å²) in [6, 6.07) is 5.69. The monoisotopic (exact) mass is 271 g/mol. The predicted molar refractivity (Wildman–Crippen MR) is 72.4 cm³/mol. The lowest BCUT2D eigenvalue weighted by Gasteiger charge is -2.01. The van der Waals surface area contributed by atoms with Crippen LogP contribution in [0.5, 0.6) is 0 Å². The normalized spacial score (nSPS) is 10.6. The molecule has 1 aromatic carbocycles. The van der Waals surface area contributed by atoms with Crippen LogP contribution in [0.4, 0.5) is 5.69 Å². The average Bonchev–Trinajstić information content (AvgIpc) is 2.95. The smallest absolute Gasteiger partial charge is 0.187 e. The van der Waals surface area contributed by atoms with E-state index >= 15 is 0 Å². The van der Waals surface area contributed by atoms with Crippen molar-refractivity contribution in [1.82, 2.24) is 19.8 Å². The van der Waals surface area contributed by atoms with Gasteiger partial charge in [0.1, 0.15) is 5.01 Å². The molecule has 0 saturated carbocycles. The molecule has 2 aromatic heterocycles. The van der Waals surface area contributed by atoms with Crippen LogP contribution in [0.15, 0.2) is 23.3 Å². The summed E-state index contributed by atoms with van der Waals surface area (Å²) in [5.41, 5.74) is 11.0. The van der Waals surface area contributed by atoms with Crippen LogP contribution in [0.1, 0.15) is 11.4 Å². The summed E-state index contributed by atoms with van der Waals surface area (Å²) in [4.78, 5) is 3.58. The van der Waals surface area contributed by atoms with E-state index in [1.807, 2.05) is 32.0 Å². The third kappa shape index (κ3) is 1.92. The molecule has 0 N–H and O–H groups in total. The van der Waals surface area contributed by atoms with Crippen molar-refractivity contribution < 1.29 is 0 Å². The van der Waals surface area contributed by atoms with Crippen molar-refractivity contribution in [2.24, 2.45) is 5.11 Å². The molecule has 19 heavy (non-hydrogen) atoms. The molecule has 0 radical (unpaired) electrons. The van der Waals surface area contributed by atoms with Crippen LogP contribution in [-0.4, -0.2) is 19.8 Å². The van der Waals surface area contributed by atoms with Crippen LogP contribution in [-0.2, 0) is 0 Å². The van der Waals surface area contributed by atoms with Crippen molar-refractivity contribution in [1.29, 1.82) is 0 Å². The van der Waals surface area contributed by atoms with Crippen LogP contribution in [0, 0.1) is 13.8 Å². The molecule has 3 aromatic rings. The Balaban J connectivity index is 2.15. The molecule has 0 atom stereocenters. The number of aromatic nitrogens is 4. The van der Waals surface area contributed by atoms with Gasteiger partial charge in [0, 0.05) is 16.2 Å². The molecule has 2 heterocycles. The maximum absolute atomic E-state index is 8.55. The van der Waals surface area contributed by atoms with E-state index in [-0.39, 0.29) is 0 Å². The highest BCUT2D eigenvalue weighted by Crippen LogP contribution is 2.30. The molecular weight excluding hydrogens is 262 g/mol. The van der Waals surface area contributed by atoms with Crippen LogP contribution in [0.25, 0.3) is 26.0 Å². The predicted octanol–water partition coefficient (Wildman–Crippen LogP) is 3.41. The first kappa shape index (κ1) is 11.6. The molecular formula is C11H9N7S. The minimum Gasteiger partial charge on any atom is -0.187 e. The van der Waals surface area contributed by atoms with E-state index in [2.05, 4.69) is 25.3 Å². The van der Waals surface area contributed by atoms with Crippen LogP contribution < -0.4 is 0 Å². The van der Waals surface area contributed by atoms with Crippen molar-refractivity contribution in [3.8, 4) is 10.6 Å². The van der Waals surface area contributed by atoms with Crippen LogP contribution in [0.2, 0.25) is 0 Å². The van der Waals surface area contributed by atoms with Gasteiger partial charge < -0.3 is 0 Å². The Bertz CT molecular complexity index is 810. The summed E-state index contributed by atoms with van der Waals surface area (Å²) in [7, 11) is 0. The third-order valence-corrected chi connectivity index (χ3v) is 3.70. The fourth-order valence-electron chi connectivity index (χ4n) is 1.73. The van der Waals surface area contributed by atoms with Gasteiger partial charge in [-0.3, -0.25) is 0 Å². The summed E-state index contributed by atoms with van der Waals surface area (Å²) >= 11 is 1.45. The molecule has 3 rings (SSSR count). The summed E-state index contributed by atoms with van der Waals surface area (Å²) in [6.45, 7) is 3.75. The molecule has 0 saturated heterocycles. The summed E-state index contributed by atoms with van der Waals surface area (Å²) in [5, 5.41) is 16.9. The van der Waals surface area contributed by atoms with E-state index in [1.54, 1.807) is 4.52 Å². The fourth-order valence-corrected chi connectivity index (χ4v) is 2.61. The lowest BCUT2D eigenvalue weighted by molar-refractivity contribution is 0.898.